The van der Waals surface area contributed by atoms with Crippen LogP contribution in [0.1, 0.15) is 43.0 Å². The number of rotatable bonds is 4. The third-order valence-electron chi connectivity index (χ3n) is 5.25. The zero-order valence-corrected chi connectivity index (χ0v) is 16.0. The molecule has 0 radical (unpaired) electrons. The van der Waals surface area contributed by atoms with Gasteiger partial charge >= 0.3 is 0 Å². The molecule has 1 saturated heterocycles. The SMILES string of the molecule is CC1CCc2c(sc3nc(SCCN4CCCCC4)nc(N)c23)C1. The van der Waals surface area contributed by atoms with Gasteiger partial charge in [-0.15, -0.1) is 11.3 Å². The number of thiophene rings is 1. The van der Waals surface area contributed by atoms with Crippen molar-refractivity contribution in [3.63, 3.8) is 0 Å². The largest absolute Gasteiger partial charge is 0.383 e. The van der Waals surface area contributed by atoms with E-state index in [1.165, 1.54) is 55.6 Å². The number of anilines is 1. The standard InChI is InChI=1S/C18H26N4S2/c1-12-5-6-13-14(11-12)24-17-15(13)16(19)20-18(21-17)23-10-9-22-7-3-2-4-8-22/h12H,2-11H2,1H3,(H2,19,20,21). The Labute approximate surface area is 152 Å². The van der Waals surface area contributed by atoms with Crippen LogP contribution in [0.5, 0.6) is 0 Å². The molecule has 24 heavy (non-hydrogen) atoms. The molecule has 0 saturated carbocycles. The molecule has 2 aromatic heterocycles. The van der Waals surface area contributed by atoms with E-state index in [0.29, 0.717) is 5.82 Å². The minimum absolute atomic E-state index is 0.688. The highest BCUT2D eigenvalue weighted by Gasteiger charge is 2.23. The van der Waals surface area contributed by atoms with E-state index in [4.69, 9.17) is 10.7 Å². The Kier molecular flexibility index (Phi) is 4.97. The van der Waals surface area contributed by atoms with Crippen molar-refractivity contribution in [1.82, 2.24) is 14.9 Å². The van der Waals surface area contributed by atoms with Crippen molar-refractivity contribution in [3.05, 3.63) is 10.4 Å². The Bertz CT molecular complexity index is 721. The number of hydrogen-bond acceptors (Lipinski definition) is 6. The second-order valence-electron chi connectivity index (χ2n) is 7.17. The maximum atomic E-state index is 6.31. The number of thioether (sulfide) groups is 1. The van der Waals surface area contributed by atoms with E-state index >= 15 is 0 Å². The van der Waals surface area contributed by atoms with Crippen LogP contribution in [0.25, 0.3) is 10.2 Å². The van der Waals surface area contributed by atoms with Crippen LogP contribution in [0.2, 0.25) is 0 Å². The fourth-order valence-corrected chi connectivity index (χ4v) is 6.16. The van der Waals surface area contributed by atoms with Crippen LogP contribution in [0.4, 0.5) is 5.82 Å². The van der Waals surface area contributed by atoms with Gasteiger partial charge in [0.1, 0.15) is 10.6 Å². The molecule has 1 unspecified atom stereocenters. The summed E-state index contributed by atoms with van der Waals surface area (Å²) in [5.41, 5.74) is 7.73. The molecule has 1 atom stereocenters. The van der Waals surface area contributed by atoms with E-state index < -0.39 is 0 Å². The zero-order valence-electron chi connectivity index (χ0n) is 14.4. The lowest BCUT2D eigenvalue weighted by Gasteiger charge is -2.25. The number of nitrogen functional groups attached to an aromatic ring is 1. The third-order valence-corrected chi connectivity index (χ3v) is 7.23. The summed E-state index contributed by atoms with van der Waals surface area (Å²) in [6.07, 6.45) is 7.64. The number of fused-ring (bicyclic) bond motifs is 3. The normalized spacial score (nSPS) is 22.0. The highest BCUT2D eigenvalue weighted by atomic mass is 32.2. The number of nitrogens with zero attached hydrogens (tertiary/aromatic N) is 3. The zero-order chi connectivity index (χ0) is 16.5. The van der Waals surface area contributed by atoms with Crippen molar-refractivity contribution >= 4 is 39.1 Å². The minimum atomic E-state index is 0.688. The van der Waals surface area contributed by atoms with E-state index in [1.54, 1.807) is 11.8 Å². The topological polar surface area (TPSA) is 55.0 Å². The average Bonchev–Trinajstić information content (AvgIpc) is 2.93. The van der Waals surface area contributed by atoms with Crippen LogP contribution in [0, 0.1) is 5.92 Å². The molecule has 0 amide bonds. The number of hydrogen-bond donors (Lipinski definition) is 1. The Morgan fingerprint density at radius 2 is 2.08 bits per heavy atom. The molecular weight excluding hydrogens is 336 g/mol. The summed E-state index contributed by atoms with van der Waals surface area (Å²) in [6, 6.07) is 0. The van der Waals surface area contributed by atoms with Gasteiger partial charge in [0.2, 0.25) is 0 Å². The van der Waals surface area contributed by atoms with Gasteiger partial charge in [-0.05, 0) is 56.7 Å². The van der Waals surface area contributed by atoms with Crippen molar-refractivity contribution in [2.75, 3.05) is 31.1 Å². The third kappa shape index (κ3) is 3.41. The summed E-state index contributed by atoms with van der Waals surface area (Å²) in [7, 11) is 0. The van der Waals surface area contributed by atoms with Crippen LogP contribution >= 0.6 is 23.1 Å². The van der Waals surface area contributed by atoms with Crippen LogP contribution in [0.15, 0.2) is 5.16 Å². The second-order valence-corrected chi connectivity index (χ2v) is 9.32. The van der Waals surface area contributed by atoms with Gasteiger partial charge in [0.15, 0.2) is 5.16 Å². The van der Waals surface area contributed by atoms with E-state index in [-0.39, 0.29) is 0 Å². The lowest BCUT2D eigenvalue weighted by molar-refractivity contribution is 0.242. The summed E-state index contributed by atoms with van der Waals surface area (Å²) >= 11 is 3.59. The minimum Gasteiger partial charge on any atom is -0.383 e. The van der Waals surface area contributed by atoms with Crippen molar-refractivity contribution in [1.29, 1.82) is 0 Å². The number of aromatic nitrogens is 2. The smallest absolute Gasteiger partial charge is 0.190 e. The fraction of sp³-hybridized carbons (Fsp3) is 0.667. The summed E-state index contributed by atoms with van der Waals surface area (Å²) < 4.78 is 0. The Balaban J connectivity index is 1.48. The summed E-state index contributed by atoms with van der Waals surface area (Å²) in [5.74, 6) is 2.51. The van der Waals surface area contributed by atoms with Crippen LogP contribution < -0.4 is 5.73 Å². The molecule has 0 spiro atoms. The maximum absolute atomic E-state index is 6.31. The molecule has 1 fully saturated rings. The average molecular weight is 363 g/mol. The number of likely N-dealkylation sites (tertiary alicyclic amines) is 1. The molecule has 6 heteroatoms. The van der Waals surface area contributed by atoms with Gasteiger partial charge in [-0.2, -0.15) is 0 Å². The van der Waals surface area contributed by atoms with E-state index in [9.17, 15) is 0 Å². The monoisotopic (exact) mass is 362 g/mol. The maximum Gasteiger partial charge on any atom is 0.190 e. The molecule has 0 aromatic carbocycles. The van der Waals surface area contributed by atoms with Gasteiger partial charge in [0.05, 0.1) is 5.39 Å². The predicted octanol–water partition coefficient (Wildman–Crippen LogP) is 3.98. The molecule has 3 heterocycles. The molecule has 2 aromatic rings. The van der Waals surface area contributed by atoms with Crippen LogP contribution in [0.3, 0.4) is 0 Å². The van der Waals surface area contributed by atoms with E-state index in [0.717, 1.165) is 40.0 Å². The van der Waals surface area contributed by atoms with E-state index in [1.807, 2.05) is 11.3 Å². The molecule has 2 aliphatic rings. The molecule has 1 aliphatic carbocycles. The molecule has 1 aliphatic heterocycles. The summed E-state index contributed by atoms with van der Waals surface area (Å²) in [5, 5.41) is 1.99. The van der Waals surface area contributed by atoms with Crippen molar-refractivity contribution < 1.29 is 0 Å². The van der Waals surface area contributed by atoms with Crippen LogP contribution in [-0.4, -0.2) is 40.3 Å². The van der Waals surface area contributed by atoms with Gasteiger partial charge < -0.3 is 10.6 Å². The van der Waals surface area contributed by atoms with Crippen LogP contribution in [-0.2, 0) is 12.8 Å². The molecule has 0 bridgehead atoms. The fourth-order valence-electron chi connectivity index (χ4n) is 3.86. The van der Waals surface area contributed by atoms with Gasteiger partial charge in [-0.3, -0.25) is 0 Å². The lowest BCUT2D eigenvalue weighted by atomic mass is 9.89. The van der Waals surface area contributed by atoms with Crippen molar-refractivity contribution in [2.24, 2.45) is 5.92 Å². The summed E-state index contributed by atoms with van der Waals surface area (Å²) in [4.78, 5) is 14.6. The van der Waals surface area contributed by atoms with Gasteiger partial charge in [0, 0.05) is 17.2 Å². The number of nitrogens with two attached hydrogens (primary N) is 1. The highest BCUT2D eigenvalue weighted by Crippen LogP contribution is 2.39. The van der Waals surface area contributed by atoms with Gasteiger partial charge in [-0.1, -0.05) is 25.1 Å². The first-order valence-corrected chi connectivity index (χ1v) is 10.9. The first kappa shape index (κ1) is 16.6. The van der Waals surface area contributed by atoms with Crippen molar-refractivity contribution in [2.45, 2.75) is 50.6 Å². The van der Waals surface area contributed by atoms with Gasteiger partial charge in [0.25, 0.3) is 0 Å². The second kappa shape index (κ2) is 7.18. The number of aryl methyl sites for hydroxylation is 1. The quantitative estimate of drug-likeness (QED) is 0.659. The van der Waals surface area contributed by atoms with E-state index in [2.05, 4.69) is 16.8 Å². The molecule has 4 nitrogen and oxygen atoms in total. The Hall–Kier alpha value is -0.850. The lowest BCUT2D eigenvalue weighted by Crippen LogP contribution is -2.31. The molecule has 2 N–H and O–H groups in total. The molecule has 130 valence electrons. The van der Waals surface area contributed by atoms with Gasteiger partial charge in [-0.25, -0.2) is 9.97 Å². The Morgan fingerprint density at radius 3 is 2.92 bits per heavy atom. The predicted molar refractivity (Wildman–Crippen MR) is 104 cm³/mol. The first-order valence-electron chi connectivity index (χ1n) is 9.13. The van der Waals surface area contributed by atoms with Crippen molar-refractivity contribution in [3.8, 4) is 0 Å². The molecule has 4 rings (SSSR count). The number of piperidine rings is 1. The Morgan fingerprint density at radius 1 is 1.25 bits per heavy atom. The molecular formula is C18H26N4S2. The summed E-state index contributed by atoms with van der Waals surface area (Å²) in [6.45, 7) is 5.96. The first-order chi connectivity index (χ1) is 11.7. The highest BCUT2D eigenvalue weighted by molar-refractivity contribution is 7.99.